The highest BCUT2D eigenvalue weighted by molar-refractivity contribution is 5.74. The lowest BCUT2D eigenvalue weighted by Crippen LogP contribution is -2.45. The van der Waals surface area contributed by atoms with Gasteiger partial charge in [0, 0.05) is 13.1 Å². The highest BCUT2D eigenvalue weighted by Crippen LogP contribution is 2.29. The van der Waals surface area contributed by atoms with Gasteiger partial charge in [0.15, 0.2) is 0 Å². The van der Waals surface area contributed by atoms with E-state index in [0.29, 0.717) is 6.54 Å². The van der Waals surface area contributed by atoms with Crippen LogP contribution in [0.4, 0.5) is 0 Å². The highest BCUT2D eigenvalue weighted by atomic mass is 16.4. The van der Waals surface area contributed by atoms with Crippen LogP contribution in [-0.2, 0) is 4.79 Å². The Morgan fingerprint density at radius 2 is 2.46 bits per heavy atom. The summed E-state index contributed by atoms with van der Waals surface area (Å²) >= 11 is 0. The third-order valence-electron chi connectivity index (χ3n) is 2.68. The molecule has 1 rings (SSSR count). The van der Waals surface area contributed by atoms with Gasteiger partial charge in [0.2, 0.25) is 0 Å². The second kappa shape index (κ2) is 3.92. The molecule has 0 aromatic rings. The van der Waals surface area contributed by atoms with Gasteiger partial charge in [-0.3, -0.25) is 9.69 Å². The summed E-state index contributed by atoms with van der Waals surface area (Å²) in [5, 5.41) is 9.03. The number of nitrogens with zero attached hydrogens (tertiary/aromatic N) is 1. The van der Waals surface area contributed by atoms with Gasteiger partial charge in [0.25, 0.3) is 0 Å². The quantitative estimate of drug-likeness (QED) is 0.672. The number of aliphatic carboxylic acids is 1. The van der Waals surface area contributed by atoms with Crippen molar-refractivity contribution in [1.82, 2.24) is 4.90 Å². The first-order valence-corrected chi connectivity index (χ1v) is 4.65. The van der Waals surface area contributed by atoms with Gasteiger partial charge >= 0.3 is 5.97 Å². The number of carboxylic acids is 1. The van der Waals surface area contributed by atoms with Crippen molar-refractivity contribution in [1.29, 1.82) is 0 Å². The molecule has 1 N–H and O–H groups in total. The molecule has 0 saturated carbocycles. The summed E-state index contributed by atoms with van der Waals surface area (Å²) in [7, 11) is 0. The first kappa shape index (κ1) is 10.3. The van der Waals surface area contributed by atoms with Gasteiger partial charge in [-0.05, 0) is 26.3 Å². The van der Waals surface area contributed by atoms with Gasteiger partial charge in [-0.15, -0.1) is 6.58 Å². The van der Waals surface area contributed by atoms with Gasteiger partial charge < -0.3 is 5.11 Å². The van der Waals surface area contributed by atoms with E-state index >= 15 is 0 Å². The Morgan fingerprint density at radius 1 is 1.77 bits per heavy atom. The summed E-state index contributed by atoms with van der Waals surface area (Å²) in [5.41, 5.74) is -0.554. The lowest BCUT2D eigenvalue weighted by molar-refractivity contribution is -0.151. The second-order valence-corrected chi connectivity index (χ2v) is 3.99. The fourth-order valence-corrected chi connectivity index (χ4v) is 1.86. The smallest absolute Gasteiger partial charge is 0.310 e. The fourth-order valence-electron chi connectivity index (χ4n) is 1.86. The summed E-state index contributed by atoms with van der Waals surface area (Å²) in [5.74, 6) is -0.679. The normalized spacial score (nSPS) is 29.9. The molecule has 0 aromatic heterocycles. The molecule has 3 heteroatoms. The predicted octanol–water partition coefficient (Wildman–Crippen LogP) is 1.36. The van der Waals surface area contributed by atoms with Crippen LogP contribution in [0.15, 0.2) is 12.7 Å². The van der Waals surface area contributed by atoms with E-state index in [-0.39, 0.29) is 0 Å². The number of hydrogen-bond donors (Lipinski definition) is 1. The van der Waals surface area contributed by atoms with E-state index in [1.807, 2.05) is 13.0 Å². The zero-order valence-corrected chi connectivity index (χ0v) is 8.12. The molecule has 1 unspecified atom stereocenters. The number of piperidine rings is 1. The molecule has 1 aliphatic heterocycles. The summed E-state index contributed by atoms with van der Waals surface area (Å²) < 4.78 is 0. The molecule has 0 aliphatic carbocycles. The number of hydrogen-bond acceptors (Lipinski definition) is 2. The third kappa shape index (κ3) is 2.31. The number of carboxylic acid groups (broad SMARTS) is 1. The highest BCUT2D eigenvalue weighted by Gasteiger charge is 2.37. The van der Waals surface area contributed by atoms with Crippen molar-refractivity contribution in [2.24, 2.45) is 5.41 Å². The van der Waals surface area contributed by atoms with Crippen LogP contribution in [0, 0.1) is 5.41 Å². The average Bonchev–Trinajstić information content (AvgIpc) is 2.04. The lowest BCUT2D eigenvalue weighted by atomic mass is 9.82. The lowest BCUT2D eigenvalue weighted by Gasteiger charge is -2.36. The Bertz CT molecular complexity index is 215. The maximum Gasteiger partial charge on any atom is 0.310 e. The molecule has 1 fully saturated rings. The molecule has 1 heterocycles. The SMILES string of the molecule is C=CCN1CCCC(C)(C(=O)O)C1. The van der Waals surface area contributed by atoms with E-state index in [0.717, 1.165) is 25.9 Å². The standard InChI is InChI=1S/C10H17NO2/c1-3-6-11-7-4-5-10(2,8-11)9(12)13/h3H,1,4-8H2,2H3,(H,12,13). The van der Waals surface area contributed by atoms with Gasteiger partial charge in [-0.25, -0.2) is 0 Å². The largest absolute Gasteiger partial charge is 0.481 e. The van der Waals surface area contributed by atoms with Crippen molar-refractivity contribution in [3.05, 3.63) is 12.7 Å². The Balaban J connectivity index is 2.59. The molecule has 74 valence electrons. The molecule has 0 spiro atoms. The van der Waals surface area contributed by atoms with Crippen LogP contribution < -0.4 is 0 Å². The minimum absolute atomic E-state index is 0.554. The molecule has 1 atom stereocenters. The minimum atomic E-state index is -0.679. The van der Waals surface area contributed by atoms with Crippen molar-refractivity contribution in [3.63, 3.8) is 0 Å². The Morgan fingerprint density at radius 3 is 3.00 bits per heavy atom. The number of rotatable bonds is 3. The van der Waals surface area contributed by atoms with Crippen molar-refractivity contribution in [2.45, 2.75) is 19.8 Å². The summed E-state index contributed by atoms with van der Waals surface area (Å²) in [6.07, 6.45) is 3.58. The molecule has 0 bridgehead atoms. The monoisotopic (exact) mass is 183 g/mol. The molecule has 0 aromatic carbocycles. The van der Waals surface area contributed by atoms with E-state index in [1.54, 1.807) is 0 Å². The maximum absolute atomic E-state index is 11.0. The molecule has 13 heavy (non-hydrogen) atoms. The zero-order chi connectivity index (χ0) is 9.90. The van der Waals surface area contributed by atoms with Crippen LogP contribution in [0.25, 0.3) is 0 Å². The van der Waals surface area contributed by atoms with E-state index < -0.39 is 11.4 Å². The third-order valence-corrected chi connectivity index (χ3v) is 2.68. The zero-order valence-electron chi connectivity index (χ0n) is 8.12. The van der Waals surface area contributed by atoms with Crippen LogP contribution in [0.1, 0.15) is 19.8 Å². The Labute approximate surface area is 79.0 Å². The van der Waals surface area contributed by atoms with Crippen LogP contribution in [-0.4, -0.2) is 35.6 Å². The van der Waals surface area contributed by atoms with Crippen LogP contribution >= 0.6 is 0 Å². The van der Waals surface area contributed by atoms with Crippen LogP contribution in [0.3, 0.4) is 0 Å². The van der Waals surface area contributed by atoms with Gasteiger partial charge in [0.1, 0.15) is 0 Å². The average molecular weight is 183 g/mol. The van der Waals surface area contributed by atoms with Crippen molar-refractivity contribution in [2.75, 3.05) is 19.6 Å². The first-order chi connectivity index (χ1) is 6.08. The summed E-state index contributed by atoms with van der Waals surface area (Å²) in [6, 6.07) is 0. The maximum atomic E-state index is 11.0. The number of likely N-dealkylation sites (tertiary alicyclic amines) is 1. The van der Waals surface area contributed by atoms with Gasteiger partial charge in [-0.2, -0.15) is 0 Å². The van der Waals surface area contributed by atoms with Gasteiger partial charge in [0.05, 0.1) is 5.41 Å². The van der Waals surface area contributed by atoms with Crippen LogP contribution in [0.2, 0.25) is 0 Å². The molecule has 0 amide bonds. The summed E-state index contributed by atoms with van der Waals surface area (Å²) in [4.78, 5) is 13.1. The van der Waals surface area contributed by atoms with Gasteiger partial charge in [-0.1, -0.05) is 6.08 Å². The molecule has 1 aliphatic rings. The molecular weight excluding hydrogens is 166 g/mol. The Kier molecular flexibility index (Phi) is 3.09. The minimum Gasteiger partial charge on any atom is -0.481 e. The van der Waals surface area contributed by atoms with E-state index in [9.17, 15) is 4.79 Å². The predicted molar refractivity (Wildman–Crippen MR) is 51.6 cm³/mol. The number of carbonyl (C=O) groups is 1. The second-order valence-electron chi connectivity index (χ2n) is 3.99. The molecule has 0 radical (unpaired) electrons. The van der Waals surface area contributed by atoms with E-state index in [4.69, 9.17) is 5.11 Å². The molecular formula is C10H17NO2. The van der Waals surface area contributed by atoms with E-state index in [1.165, 1.54) is 0 Å². The van der Waals surface area contributed by atoms with Crippen LogP contribution in [0.5, 0.6) is 0 Å². The molecule has 3 nitrogen and oxygen atoms in total. The fraction of sp³-hybridized carbons (Fsp3) is 0.700. The summed E-state index contributed by atoms with van der Waals surface area (Å²) in [6.45, 7) is 7.92. The Hall–Kier alpha value is -0.830. The first-order valence-electron chi connectivity index (χ1n) is 4.65. The molecule has 1 saturated heterocycles. The topological polar surface area (TPSA) is 40.5 Å². The van der Waals surface area contributed by atoms with E-state index in [2.05, 4.69) is 11.5 Å². The van der Waals surface area contributed by atoms with Crippen molar-refractivity contribution >= 4 is 5.97 Å². The van der Waals surface area contributed by atoms with Crippen molar-refractivity contribution < 1.29 is 9.90 Å². The van der Waals surface area contributed by atoms with Crippen molar-refractivity contribution in [3.8, 4) is 0 Å².